The Hall–Kier alpha value is -1.76. The SMILES string of the molecule is CCN1CCN(c2c(F)cc([N+](=O)[O-])cc2F)CC1. The Balaban J connectivity index is 2.24. The number of nitrogens with zero attached hydrogens (tertiary/aromatic N) is 3. The van der Waals surface area contributed by atoms with Crippen molar-refractivity contribution in [3.63, 3.8) is 0 Å². The number of hydrogen-bond donors (Lipinski definition) is 0. The van der Waals surface area contributed by atoms with Crippen molar-refractivity contribution in [3.8, 4) is 0 Å². The van der Waals surface area contributed by atoms with Gasteiger partial charge >= 0.3 is 0 Å². The number of non-ortho nitro benzene ring substituents is 1. The van der Waals surface area contributed by atoms with Gasteiger partial charge in [0, 0.05) is 26.2 Å². The average molecular weight is 271 g/mol. The smallest absolute Gasteiger partial charge is 0.275 e. The van der Waals surface area contributed by atoms with E-state index >= 15 is 0 Å². The molecule has 1 aromatic rings. The van der Waals surface area contributed by atoms with Gasteiger partial charge in [0.1, 0.15) is 5.69 Å². The Morgan fingerprint density at radius 2 is 1.74 bits per heavy atom. The molecule has 1 fully saturated rings. The molecule has 104 valence electrons. The molecule has 7 heteroatoms. The summed E-state index contributed by atoms with van der Waals surface area (Å²) in [5, 5.41) is 10.5. The first-order chi connectivity index (χ1) is 9.02. The van der Waals surface area contributed by atoms with Crippen LogP contribution in [0.15, 0.2) is 12.1 Å². The highest BCUT2D eigenvalue weighted by Crippen LogP contribution is 2.28. The first-order valence-electron chi connectivity index (χ1n) is 6.13. The normalized spacial score (nSPS) is 16.7. The number of nitro benzene ring substituents is 1. The van der Waals surface area contributed by atoms with E-state index in [-0.39, 0.29) is 5.69 Å². The van der Waals surface area contributed by atoms with Gasteiger partial charge in [-0.15, -0.1) is 0 Å². The summed E-state index contributed by atoms with van der Waals surface area (Å²) in [6.45, 7) is 5.42. The molecule has 5 nitrogen and oxygen atoms in total. The second kappa shape index (κ2) is 5.48. The van der Waals surface area contributed by atoms with Gasteiger partial charge < -0.3 is 9.80 Å². The minimum Gasteiger partial charge on any atom is -0.364 e. The molecule has 0 aliphatic carbocycles. The van der Waals surface area contributed by atoms with Crippen LogP contribution < -0.4 is 4.90 Å². The molecular weight excluding hydrogens is 256 g/mol. The van der Waals surface area contributed by atoms with Gasteiger partial charge in [0.15, 0.2) is 11.6 Å². The van der Waals surface area contributed by atoms with Gasteiger partial charge in [-0.1, -0.05) is 6.92 Å². The van der Waals surface area contributed by atoms with E-state index in [1.54, 1.807) is 4.90 Å². The predicted molar refractivity (Wildman–Crippen MR) is 67.3 cm³/mol. The fourth-order valence-corrected chi connectivity index (χ4v) is 2.25. The molecule has 0 N–H and O–H groups in total. The molecule has 0 saturated carbocycles. The van der Waals surface area contributed by atoms with Crippen LogP contribution in [0.25, 0.3) is 0 Å². The molecule has 1 aliphatic heterocycles. The molecule has 1 saturated heterocycles. The summed E-state index contributed by atoms with van der Waals surface area (Å²) in [5.41, 5.74) is -0.729. The quantitative estimate of drug-likeness (QED) is 0.623. The summed E-state index contributed by atoms with van der Waals surface area (Å²) in [7, 11) is 0. The molecule has 0 spiro atoms. The number of nitro groups is 1. The van der Waals surface area contributed by atoms with Gasteiger partial charge in [-0.25, -0.2) is 8.78 Å². The van der Waals surface area contributed by atoms with Crippen molar-refractivity contribution in [2.24, 2.45) is 0 Å². The summed E-state index contributed by atoms with van der Waals surface area (Å²) in [5.74, 6) is -1.76. The minimum atomic E-state index is -0.878. The molecule has 0 unspecified atom stereocenters. The largest absolute Gasteiger partial charge is 0.364 e. The molecule has 1 heterocycles. The summed E-state index contributed by atoms with van der Waals surface area (Å²) in [6.07, 6.45) is 0. The van der Waals surface area contributed by atoms with E-state index in [4.69, 9.17) is 0 Å². The topological polar surface area (TPSA) is 49.6 Å². The highest BCUT2D eigenvalue weighted by atomic mass is 19.1. The molecule has 0 aromatic heterocycles. The van der Waals surface area contributed by atoms with Crippen molar-refractivity contribution in [1.29, 1.82) is 0 Å². The standard InChI is InChI=1S/C12H15F2N3O2/c1-2-15-3-5-16(6-4-15)12-10(13)7-9(17(18)19)8-11(12)14/h7-8H,2-6H2,1H3. The Morgan fingerprint density at radius 3 is 2.16 bits per heavy atom. The summed E-state index contributed by atoms with van der Waals surface area (Å²) in [6, 6.07) is 1.54. The Kier molecular flexibility index (Phi) is 3.94. The number of halogens is 2. The van der Waals surface area contributed by atoms with E-state index in [0.29, 0.717) is 13.1 Å². The predicted octanol–water partition coefficient (Wildman–Crippen LogP) is 2.01. The average Bonchev–Trinajstić information content (AvgIpc) is 2.38. The third-order valence-electron chi connectivity index (χ3n) is 3.35. The third kappa shape index (κ3) is 2.81. The lowest BCUT2D eigenvalue weighted by atomic mass is 10.2. The van der Waals surface area contributed by atoms with E-state index < -0.39 is 22.2 Å². The van der Waals surface area contributed by atoms with E-state index in [1.165, 1.54) is 0 Å². The van der Waals surface area contributed by atoms with Crippen LogP contribution in [-0.2, 0) is 0 Å². The lowest BCUT2D eigenvalue weighted by molar-refractivity contribution is -0.385. The number of rotatable bonds is 3. The van der Waals surface area contributed by atoms with E-state index in [1.807, 2.05) is 6.92 Å². The molecule has 2 rings (SSSR count). The number of benzene rings is 1. The zero-order chi connectivity index (χ0) is 14.0. The van der Waals surface area contributed by atoms with Gasteiger partial charge in [0.25, 0.3) is 5.69 Å². The Morgan fingerprint density at radius 1 is 1.21 bits per heavy atom. The zero-order valence-electron chi connectivity index (χ0n) is 10.6. The highest BCUT2D eigenvalue weighted by Gasteiger charge is 2.24. The van der Waals surface area contributed by atoms with Gasteiger partial charge in [-0.2, -0.15) is 0 Å². The maximum absolute atomic E-state index is 13.8. The molecule has 1 aromatic carbocycles. The maximum Gasteiger partial charge on any atom is 0.275 e. The van der Waals surface area contributed by atoms with Crippen LogP contribution in [0.5, 0.6) is 0 Å². The van der Waals surface area contributed by atoms with E-state index in [2.05, 4.69) is 4.90 Å². The maximum atomic E-state index is 13.8. The molecule has 1 aliphatic rings. The molecule has 0 atom stereocenters. The second-order valence-corrected chi connectivity index (χ2v) is 4.44. The fraction of sp³-hybridized carbons (Fsp3) is 0.500. The van der Waals surface area contributed by atoms with Crippen LogP contribution in [0, 0.1) is 21.7 Å². The summed E-state index contributed by atoms with van der Waals surface area (Å²) < 4.78 is 27.7. The van der Waals surface area contributed by atoms with Crippen LogP contribution in [0.3, 0.4) is 0 Å². The molecule has 0 amide bonds. The summed E-state index contributed by atoms with van der Waals surface area (Å²) >= 11 is 0. The van der Waals surface area contributed by atoms with Crippen LogP contribution in [0.2, 0.25) is 0 Å². The lowest BCUT2D eigenvalue weighted by Crippen LogP contribution is -2.46. The van der Waals surface area contributed by atoms with Gasteiger partial charge in [-0.3, -0.25) is 10.1 Å². The van der Waals surface area contributed by atoms with Gasteiger partial charge in [0.2, 0.25) is 0 Å². The molecule has 0 radical (unpaired) electrons. The minimum absolute atomic E-state index is 0.165. The second-order valence-electron chi connectivity index (χ2n) is 4.44. The van der Waals surface area contributed by atoms with Crippen molar-refractivity contribution >= 4 is 11.4 Å². The monoisotopic (exact) mass is 271 g/mol. The summed E-state index contributed by atoms with van der Waals surface area (Å²) in [4.78, 5) is 13.5. The fourth-order valence-electron chi connectivity index (χ4n) is 2.25. The molecule has 19 heavy (non-hydrogen) atoms. The van der Waals surface area contributed by atoms with Crippen molar-refractivity contribution in [1.82, 2.24) is 4.90 Å². The zero-order valence-corrected chi connectivity index (χ0v) is 10.6. The lowest BCUT2D eigenvalue weighted by Gasteiger charge is -2.35. The first-order valence-corrected chi connectivity index (χ1v) is 6.13. The Bertz CT molecular complexity index is 465. The third-order valence-corrected chi connectivity index (χ3v) is 3.35. The Labute approximate surface area is 109 Å². The number of hydrogen-bond acceptors (Lipinski definition) is 4. The van der Waals surface area contributed by atoms with Crippen molar-refractivity contribution in [2.75, 3.05) is 37.6 Å². The van der Waals surface area contributed by atoms with Crippen LogP contribution in [0.4, 0.5) is 20.2 Å². The van der Waals surface area contributed by atoms with Gasteiger partial charge in [0.05, 0.1) is 17.1 Å². The molecular formula is C12H15F2N3O2. The van der Waals surface area contributed by atoms with Crippen molar-refractivity contribution in [2.45, 2.75) is 6.92 Å². The number of likely N-dealkylation sites (N-methyl/N-ethyl adjacent to an activating group) is 1. The van der Waals surface area contributed by atoms with E-state index in [9.17, 15) is 18.9 Å². The molecule has 0 bridgehead atoms. The van der Waals surface area contributed by atoms with Crippen LogP contribution in [-0.4, -0.2) is 42.5 Å². The van der Waals surface area contributed by atoms with Crippen molar-refractivity contribution in [3.05, 3.63) is 33.9 Å². The van der Waals surface area contributed by atoms with Crippen molar-refractivity contribution < 1.29 is 13.7 Å². The van der Waals surface area contributed by atoms with Gasteiger partial charge in [-0.05, 0) is 6.54 Å². The highest BCUT2D eigenvalue weighted by molar-refractivity contribution is 5.54. The number of anilines is 1. The van der Waals surface area contributed by atoms with Crippen LogP contribution >= 0.6 is 0 Å². The first kappa shape index (κ1) is 13.7. The number of piperazine rings is 1. The van der Waals surface area contributed by atoms with Crippen LogP contribution in [0.1, 0.15) is 6.92 Å². The van der Waals surface area contributed by atoms with E-state index in [0.717, 1.165) is 31.8 Å².